The molecule has 0 aromatic rings. The van der Waals surface area contributed by atoms with E-state index in [2.05, 4.69) is 4.74 Å². The summed E-state index contributed by atoms with van der Waals surface area (Å²) in [5, 5.41) is 0. The number of carbonyl (C=O) groups is 1. The lowest BCUT2D eigenvalue weighted by atomic mass is 10.7. The lowest BCUT2D eigenvalue weighted by Crippen LogP contribution is -2.25. The summed E-state index contributed by atoms with van der Waals surface area (Å²) in [6.45, 7) is 0.293. The summed E-state index contributed by atoms with van der Waals surface area (Å²) in [4.78, 5) is 10.3. The zero-order chi connectivity index (χ0) is 6.85. The largest absolute Gasteiger partial charge is 0.755 e. The van der Waals surface area contributed by atoms with Crippen LogP contribution in [0.2, 0.25) is 0 Å². The Morgan fingerprint density at radius 3 is 2.67 bits per heavy atom. The zero-order valence-electron chi connectivity index (χ0n) is 4.40. The molecule has 0 N–H and O–H groups in total. The molecule has 1 fully saturated rings. The van der Waals surface area contributed by atoms with Crippen molar-refractivity contribution in [2.75, 3.05) is 13.2 Å². The van der Waals surface area contributed by atoms with E-state index in [4.69, 9.17) is 0 Å². The van der Waals surface area contributed by atoms with E-state index in [1.165, 1.54) is 0 Å². The molecule has 0 bridgehead atoms. The van der Waals surface area contributed by atoms with Crippen LogP contribution in [-0.4, -0.2) is 32.3 Å². The molecule has 1 amide bonds. The summed E-state index contributed by atoms with van der Waals surface area (Å²) < 4.78 is 25.0. The van der Waals surface area contributed by atoms with Gasteiger partial charge in [-0.25, -0.2) is 9.10 Å². The van der Waals surface area contributed by atoms with Gasteiger partial charge in [0, 0.05) is 0 Å². The minimum Gasteiger partial charge on any atom is -0.755 e. The fourth-order valence-electron chi connectivity index (χ4n) is 0.515. The van der Waals surface area contributed by atoms with E-state index >= 15 is 0 Å². The second kappa shape index (κ2) is 2.32. The molecule has 6 heteroatoms. The Labute approximate surface area is 54.0 Å². The SMILES string of the molecule is O=C1OCCN1S(=O)[O-]. The van der Waals surface area contributed by atoms with Gasteiger partial charge in [-0.3, -0.25) is 4.21 Å². The summed E-state index contributed by atoms with van der Waals surface area (Å²) in [6.07, 6.45) is -0.789. The molecule has 5 nitrogen and oxygen atoms in total. The standard InChI is InChI=1S/C3H5NO4S/c5-3-4(9(6)7)1-2-8-3/h1-2H2,(H,6,7)/p-1. The van der Waals surface area contributed by atoms with Gasteiger partial charge in [0.2, 0.25) is 0 Å². The van der Waals surface area contributed by atoms with Crippen molar-refractivity contribution in [2.24, 2.45) is 0 Å². The van der Waals surface area contributed by atoms with Crippen LogP contribution in [-0.2, 0) is 16.0 Å². The third-order valence-corrected chi connectivity index (χ3v) is 1.60. The first-order valence-corrected chi connectivity index (χ1v) is 3.28. The highest BCUT2D eigenvalue weighted by Gasteiger charge is 2.22. The van der Waals surface area contributed by atoms with Gasteiger partial charge in [-0.05, 0) is 0 Å². The molecular formula is C3H4NO4S-. The number of ether oxygens (including phenoxy) is 1. The third-order valence-electron chi connectivity index (χ3n) is 0.903. The topological polar surface area (TPSA) is 69.7 Å². The van der Waals surface area contributed by atoms with Crippen LogP contribution in [0, 0.1) is 0 Å². The van der Waals surface area contributed by atoms with E-state index < -0.39 is 17.4 Å². The van der Waals surface area contributed by atoms with E-state index in [0.29, 0.717) is 4.31 Å². The molecule has 9 heavy (non-hydrogen) atoms. The molecule has 1 unspecified atom stereocenters. The number of carbonyl (C=O) groups excluding carboxylic acids is 1. The number of nitrogens with zero attached hydrogens (tertiary/aromatic N) is 1. The number of hydrogen-bond donors (Lipinski definition) is 0. The van der Waals surface area contributed by atoms with Crippen molar-refractivity contribution in [3.05, 3.63) is 0 Å². The Kier molecular flexibility index (Phi) is 1.68. The molecule has 1 aliphatic rings. The lowest BCUT2D eigenvalue weighted by molar-refractivity contribution is 0.169. The Morgan fingerprint density at radius 2 is 2.44 bits per heavy atom. The normalized spacial score (nSPS) is 21.9. The first-order chi connectivity index (χ1) is 4.22. The summed E-state index contributed by atoms with van der Waals surface area (Å²) in [5.74, 6) is 0. The second-order valence-electron chi connectivity index (χ2n) is 1.43. The van der Waals surface area contributed by atoms with Crippen LogP contribution in [0.4, 0.5) is 4.79 Å². The van der Waals surface area contributed by atoms with Crippen LogP contribution in [0.1, 0.15) is 0 Å². The molecule has 1 aliphatic heterocycles. The van der Waals surface area contributed by atoms with Gasteiger partial charge in [0.1, 0.15) is 6.61 Å². The minimum atomic E-state index is -2.46. The van der Waals surface area contributed by atoms with Gasteiger partial charge in [0.25, 0.3) is 0 Å². The molecule has 52 valence electrons. The minimum absolute atomic E-state index is 0.134. The third kappa shape index (κ3) is 1.19. The van der Waals surface area contributed by atoms with Gasteiger partial charge in [-0.2, -0.15) is 0 Å². The highest BCUT2D eigenvalue weighted by Crippen LogP contribution is 2.03. The summed E-state index contributed by atoms with van der Waals surface area (Å²) >= 11 is -2.46. The van der Waals surface area contributed by atoms with Crippen LogP contribution >= 0.6 is 0 Å². The molecule has 0 aliphatic carbocycles. The maximum Gasteiger partial charge on any atom is 0.421 e. The fraction of sp³-hybridized carbons (Fsp3) is 0.667. The first kappa shape index (κ1) is 6.50. The van der Waals surface area contributed by atoms with Crippen molar-refractivity contribution < 1.29 is 18.3 Å². The molecule has 0 aromatic carbocycles. The van der Waals surface area contributed by atoms with Crippen molar-refractivity contribution in [3.8, 4) is 0 Å². The van der Waals surface area contributed by atoms with E-state index in [-0.39, 0.29) is 13.2 Å². The Balaban J connectivity index is 2.60. The van der Waals surface area contributed by atoms with E-state index in [9.17, 15) is 13.6 Å². The average Bonchev–Trinajstić information content (AvgIpc) is 2.13. The number of rotatable bonds is 1. The molecule has 1 heterocycles. The predicted molar refractivity (Wildman–Crippen MR) is 27.0 cm³/mol. The van der Waals surface area contributed by atoms with Crippen LogP contribution in [0.15, 0.2) is 0 Å². The molecule has 1 saturated heterocycles. The van der Waals surface area contributed by atoms with Gasteiger partial charge >= 0.3 is 6.09 Å². The van der Waals surface area contributed by atoms with Crippen molar-refractivity contribution in [1.82, 2.24) is 4.31 Å². The fourth-order valence-corrected chi connectivity index (χ4v) is 0.913. The van der Waals surface area contributed by atoms with Crippen LogP contribution in [0.3, 0.4) is 0 Å². The number of cyclic esters (lactones) is 1. The van der Waals surface area contributed by atoms with Crippen molar-refractivity contribution in [1.29, 1.82) is 0 Å². The van der Waals surface area contributed by atoms with Crippen molar-refractivity contribution >= 4 is 17.4 Å². The van der Waals surface area contributed by atoms with E-state index in [0.717, 1.165) is 0 Å². The van der Waals surface area contributed by atoms with E-state index in [1.807, 2.05) is 0 Å². The van der Waals surface area contributed by atoms with E-state index in [1.54, 1.807) is 0 Å². The smallest absolute Gasteiger partial charge is 0.421 e. The Hall–Kier alpha value is -0.620. The first-order valence-electron chi connectivity index (χ1n) is 2.25. The van der Waals surface area contributed by atoms with Crippen LogP contribution in [0.5, 0.6) is 0 Å². The molecule has 1 atom stereocenters. The maximum absolute atomic E-state index is 10.3. The number of hydrogen-bond acceptors (Lipinski definition) is 4. The Morgan fingerprint density at radius 1 is 1.78 bits per heavy atom. The lowest BCUT2D eigenvalue weighted by Gasteiger charge is -2.13. The van der Waals surface area contributed by atoms with Crippen LogP contribution < -0.4 is 0 Å². The quantitative estimate of drug-likeness (QED) is 0.460. The van der Waals surface area contributed by atoms with Gasteiger partial charge in [0.15, 0.2) is 0 Å². The zero-order valence-corrected chi connectivity index (χ0v) is 5.22. The molecule has 0 saturated carbocycles. The highest BCUT2D eigenvalue weighted by atomic mass is 32.2. The van der Waals surface area contributed by atoms with Crippen LogP contribution in [0.25, 0.3) is 0 Å². The molecule has 0 spiro atoms. The molecule has 1 rings (SSSR count). The molecule has 0 aromatic heterocycles. The molecule has 0 radical (unpaired) electrons. The monoisotopic (exact) mass is 150 g/mol. The van der Waals surface area contributed by atoms with Gasteiger partial charge in [-0.15, -0.1) is 0 Å². The molecular weight excluding hydrogens is 146 g/mol. The predicted octanol–water partition coefficient (Wildman–Crippen LogP) is -0.767. The van der Waals surface area contributed by atoms with Gasteiger partial charge < -0.3 is 9.29 Å². The van der Waals surface area contributed by atoms with Crippen molar-refractivity contribution in [3.63, 3.8) is 0 Å². The van der Waals surface area contributed by atoms with Crippen molar-refractivity contribution in [2.45, 2.75) is 0 Å². The average molecular weight is 150 g/mol. The van der Waals surface area contributed by atoms with Gasteiger partial charge in [0.05, 0.1) is 17.8 Å². The highest BCUT2D eigenvalue weighted by molar-refractivity contribution is 7.77. The van der Waals surface area contributed by atoms with Gasteiger partial charge in [-0.1, -0.05) is 0 Å². The Bertz CT molecular complexity index is 158. The maximum atomic E-state index is 10.3. The number of amides is 1. The summed E-state index contributed by atoms with van der Waals surface area (Å²) in [7, 11) is 0. The summed E-state index contributed by atoms with van der Waals surface area (Å²) in [5.41, 5.74) is 0. The summed E-state index contributed by atoms with van der Waals surface area (Å²) in [6, 6.07) is 0. The second-order valence-corrected chi connectivity index (χ2v) is 2.31.